The Labute approximate surface area is 111 Å². The number of hydrogen-bond acceptors (Lipinski definition) is 4. The van der Waals surface area contributed by atoms with Gasteiger partial charge in [-0.05, 0) is 31.5 Å². The van der Waals surface area contributed by atoms with Gasteiger partial charge in [0.25, 0.3) is 0 Å². The lowest BCUT2D eigenvalue weighted by Gasteiger charge is -2.13. The average molecular weight is 271 g/mol. The summed E-state index contributed by atoms with van der Waals surface area (Å²) in [4.78, 5) is 21.9. The van der Waals surface area contributed by atoms with Gasteiger partial charge in [0.2, 0.25) is 0 Å². The molecule has 5 heteroatoms. The zero-order valence-corrected chi connectivity index (χ0v) is 11.0. The first-order valence-electron chi connectivity index (χ1n) is 5.54. The van der Waals surface area contributed by atoms with E-state index in [1.165, 1.54) is 0 Å². The van der Waals surface area contributed by atoms with Gasteiger partial charge in [0.05, 0.1) is 6.10 Å². The Hall–Kier alpha value is -1.55. The monoisotopic (exact) mass is 270 g/mol. The number of hydrogen-bond donors (Lipinski definition) is 0. The van der Waals surface area contributed by atoms with Crippen LogP contribution in [0.4, 0.5) is 0 Å². The summed E-state index contributed by atoms with van der Waals surface area (Å²) in [7, 11) is 0. The lowest BCUT2D eigenvalue weighted by Crippen LogP contribution is -2.13. The summed E-state index contributed by atoms with van der Waals surface area (Å²) in [5.74, 6) is -0.211. The third-order valence-corrected chi connectivity index (χ3v) is 2.29. The van der Waals surface area contributed by atoms with E-state index in [1.54, 1.807) is 24.3 Å². The van der Waals surface area contributed by atoms with Crippen molar-refractivity contribution in [3.05, 3.63) is 29.8 Å². The van der Waals surface area contributed by atoms with Crippen molar-refractivity contribution in [3.8, 4) is 5.75 Å². The zero-order chi connectivity index (χ0) is 13.5. The smallest absolute Gasteiger partial charge is 0.321 e. The number of benzene rings is 1. The van der Waals surface area contributed by atoms with Gasteiger partial charge in [-0.25, -0.2) is 0 Å². The molecule has 4 nitrogen and oxygen atoms in total. The molecule has 0 aliphatic carbocycles. The van der Waals surface area contributed by atoms with Crippen molar-refractivity contribution >= 4 is 23.9 Å². The van der Waals surface area contributed by atoms with Crippen LogP contribution < -0.4 is 4.74 Å². The van der Waals surface area contributed by atoms with E-state index in [9.17, 15) is 9.59 Å². The summed E-state index contributed by atoms with van der Waals surface area (Å²) in [6, 6.07) is 6.80. The molecule has 0 radical (unpaired) electrons. The molecule has 1 aromatic rings. The molecule has 0 heterocycles. The quantitative estimate of drug-likeness (QED) is 0.453. The van der Waals surface area contributed by atoms with E-state index in [1.807, 2.05) is 13.8 Å². The number of alkyl halides is 1. The van der Waals surface area contributed by atoms with Crippen molar-refractivity contribution in [2.75, 3.05) is 5.88 Å². The van der Waals surface area contributed by atoms with Crippen molar-refractivity contribution in [1.82, 2.24) is 0 Å². The number of aldehydes is 1. The van der Waals surface area contributed by atoms with Crippen molar-refractivity contribution in [2.45, 2.75) is 26.1 Å². The summed E-state index contributed by atoms with van der Waals surface area (Å²) in [5.41, 5.74) is 0.583. The summed E-state index contributed by atoms with van der Waals surface area (Å²) >= 11 is 5.31. The van der Waals surface area contributed by atoms with E-state index in [0.717, 1.165) is 0 Å². The molecule has 1 atom stereocenters. The molecular weight excluding hydrogens is 256 g/mol. The third kappa shape index (κ3) is 4.37. The van der Waals surface area contributed by atoms with E-state index in [0.29, 0.717) is 17.6 Å². The van der Waals surface area contributed by atoms with Gasteiger partial charge in [-0.2, -0.15) is 0 Å². The maximum Gasteiger partial charge on any atom is 0.321 e. The summed E-state index contributed by atoms with van der Waals surface area (Å²) in [5, 5.41) is 0. The Morgan fingerprint density at radius 2 is 1.94 bits per heavy atom. The van der Waals surface area contributed by atoms with E-state index in [4.69, 9.17) is 21.1 Å². The maximum atomic E-state index is 11.0. The molecule has 1 rings (SSSR count). The Bertz CT molecular complexity index is 400. The standard InChI is InChI=1S/C13H15ClO4/c1-9(2)17-11-5-3-10(4-6-11)12(8-15)18-13(16)7-14/h3-6,8-9,12H,7H2,1-2H3. The second-order valence-electron chi connectivity index (χ2n) is 3.92. The van der Waals surface area contributed by atoms with Crippen LogP contribution in [0.25, 0.3) is 0 Å². The van der Waals surface area contributed by atoms with Crippen molar-refractivity contribution in [2.24, 2.45) is 0 Å². The second-order valence-corrected chi connectivity index (χ2v) is 4.18. The van der Waals surface area contributed by atoms with Gasteiger partial charge in [0, 0.05) is 0 Å². The van der Waals surface area contributed by atoms with Gasteiger partial charge in [0.15, 0.2) is 12.4 Å². The SMILES string of the molecule is CC(C)Oc1ccc(C(C=O)OC(=O)CCl)cc1. The minimum Gasteiger partial charge on any atom is -0.491 e. The fourth-order valence-electron chi connectivity index (χ4n) is 1.36. The molecule has 0 saturated heterocycles. The van der Waals surface area contributed by atoms with Gasteiger partial charge >= 0.3 is 5.97 Å². The van der Waals surface area contributed by atoms with Crippen LogP contribution in [0, 0.1) is 0 Å². The van der Waals surface area contributed by atoms with Crippen molar-refractivity contribution in [3.63, 3.8) is 0 Å². The number of halogens is 1. The molecule has 98 valence electrons. The highest BCUT2D eigenvalue weighted by Gasteiger charge is 2.15. The van der Waals surface area contributed by atoms with Crippen LogP contribution in [0.15, 0.2) is 24.3 Å². The van der Waals surface area contributed by atoms with Crippen LogP contribution in [0.5, 0.6) is 5.75 Å². The minimum absolute atomic E-state index is 0.0757. The van der Waals surface area contributed by atoms with E-state index < -0.39 is 12.1 Å². The fraction of sp³-hybridized carbons (Fsp3) is 0.385. The molecule has 0 aromatic heterocycles. The molecule has 0 N–H and O–H groups in total. The average Bonchev–Trinajstić information content (AvgIpc) is 2.36. The van der Waals surface area contributed by atoms with E-state index >= 15 is 0 Å². The lowest BCUT2D eigenvalue weighted by molar-refractivity contribution is -0.149. The molecule has 0 bridgehead atoms. The molecule has 0 aliphatic heterocycles. The molecule has 1 aromatic carbocycles. The molecule has 0 saturated carbocycles. The molecular formula is C13H15ClO4. The predicted molar refractivity (Wildman–Crippen MR) is 67.8 cm³/mol. The number of rotatable bonds is 6. The minimum atomic E-state index is -0.927. The van der Waals surface area contributed by atoms with Crippen LogP contribution in [0.1, 0.15) is 25.5 Å². The van der Waals surface area contributed by atoms with Crippen molar-refractivity contribution in [1.29, 1.82) is 0 Å². The van der Waals surface area contributed by atoms with Crippen LogP contribution in [-0.2, 0) is 14.3 Å². The van der Waals surface area contributed by atoms with Gasteiger partial charge in [-0.3, -0.25) is 9.59 Å². The number of carbonyl (C=O) groups excluding carboxylic acids is 2. The Morgan fingerprint density at radius 3 is 2.39 bits per heavy atom. The highest BCUT2D eigenvalue weighted by Crippen LogP contribution is 2.20. The fourth-order valence-corrected chi connectivity index (χ4v) is 1.42. The predicted octanol–water partition coefficient (Wildman–Crippen LogP) is 2.50. The molecule has 18 heavy (non-hydrogen) atoms. The first-order valence-corrected chi connectivity index (χ1v) is 6.07. The molecule has 0 fully saturated rings. The normalized spacial score (nSPS) is 12.0. The Morgan fingerprint density at radius 1 is 1.33 bits per heavy atom. The lowest BCUT2D eigenvalue weighted by atomic mass is 10.1. The summed E-state index contributed by atoms with van der Waals surface area (Å²) in [6.45, 7) is 3.84. The number of esters is 1. The van der Waals surface area contributed by atoms with Gasteiger partial charge in [-0.15, -0.1) is 11.6 Å². The van der Waals surface area contributed by atoms with Crippen LogP contribution in [0.3, 0.4) is 0 Å². The summed E-state index contributed by atoms with van der Waals surface area (Å²) in [6.07, 6.45) is -0.293. The third-order valence-electron chi connectivity index (χ3n) is 2.07. The molecule has 1 unspecified atom stereocenters. The van der Waals surface area contributed by atoms with Crippen LogP contribution >= 0.6 is 11.6 Å². The number of ether oxygens (including phenoxy) is 2. The van der Waals surface area contributed by atoms with Gasteiger partial charge in [0.1, 0.15) is 11.6 Å². The first-order chi connectivity index (χ1) is 8.56. The Kier molecular flexibility index (Phi) is 5.65. The molecule has 0 amide bonds. The van der Waals surface area contributed by atoms with E-state index in [-0.39, 0.29) is 12.0 Å². The van der Waals surface area contributed by atoms with Gasteiger partial charge in [-0.1, -0.05) is 12.1 Å². The molecule has 0 aliphatic rings. The second kappa shape index (κ2) is 7.01. The largest absolute Gasteiger partial charge is 0.491 e. The van der Waals surface area contributed by atoms with Crippen LogP contribution in [0.2, 0.25) is 0 Å². The zero-order valence-electron chi connectivity index (χ0n) is 10.3. The maximum absolute atomic E-state index is 11.0. The Balaban J connectivity index is 2.75. The highest BCUT2D eigenvalue weighted by atomic mass is 35.5. The topological polar surface area (TPSA) is 52.6 Å². The van der Waals surface area contributed by atoms with Crippen molar-refractivity contribution < 1.29 is 19.1 Å². The first kappa shape index (κ1) is 14.5. The molecule has 0 spiro atoms. The highest BCUT2D eigenvalue weighted by molar-refractivity contribution is 6.26. The summed E-state index contributed by atoms with van der Waals surface area (Å²) < 4.78 is 10.3. The van der Waals surface area contributed by atoms with Crippen LogP contribution in [-0.4, -0.2) is 24.2 Å². The van der Waals surface area contributed by atoms with E-state index in [2.05, 4.69) is 0 Å². The van der Waals surface area contributed by atoms with Gasteiger partial charge < -0.3 is 9.47 Å². The number of carbonyl (C=O) groups is 2.